The van der Waals surface area contributed by atoms with Crippen molar-refractivity contribution in [3.8, 4) is 28.4 Å². The number of amides is 1. The smallest absolute Gasteiger partial charge is 0.271 e. The molecule has 1 amide bonds. The van der Waals surface area contributed by atoms with Crippen molar-refractivity contribution in [2.75, 3.05) is 26.6 Å². The van der Waals surface area contributed by atoms with E-state index in [-0.39, 0.29) is 11.4 Å². The number of nitro groups is 1. The zero-order valence-electron chi connectivity index (χ0n) is 20.2. The van der Waals surface area contributed by atoms with E-state index in [0.717, 1.165) is 22.3 Å². The molecule has 4 rings (SSSR count). The van der Waals surface area contributed by atoms with Gasteiger partial charge in [0.25, 0.3) is 5.69 Å². The van der Waals surface area contributed by atoms with E-state index in [0.29, 0.717) is 28.2 Å². The van der Waals surface area contributed by atoms with Crippen LogP contribution in [0.2, 0.25) is 0 Å². The molecule has 0 fully saturated rings. The molecule has 1 heterocycles. The fourth-order valence-corrected chi connectivity index (χ4v) is 3.88. The van der Waals surface area contributed by atoms with Gasteiger partial charge >= 0.3 is 0 Å². The molecule has 0 atom stereocenters. The summed E-state index contributed by atoms with van der Waals surface area (Å²) in [6.07, 6.45) is 3.07. The second-order valence-electron chi connectivity index (χ2n) is 7.88. The Balaban J connectivity index is 1.69. The van der Waals surface area contributed by atoms with Crippen LogP contribution in [-0.4, -0.2) is 32.2 Å². The average molecular weight is 488 g/mol. The Morgan fingerprint density at radius 3 is 2.33 bits per heavy atom. The zero-order valence-corrected chi connectivity index (χ0v) is 20.2. The number of furan rings is 1. The first-order chi connectivity index (χ1) is 17.3. The van der Waals surface area contributed by atoms with E-state index >= 15 is 0 Å². The number of carbonyl (C=O) groups is 1. The molecule has 0 spiro atoms. The lowest BCUT2D eigenvalue weighted by molar-refractivity contribution is -0.384. The number of nitrogens with zero attached hydrogens (tertiary/aromatic N) is 1. The van der Waals surface area contributed by atoms with Gasteiger partial charge < -0.3 is 23.9 Å². The highest BCUT2D eigenvalue weighted by molar-refractivity contribution is 6.06. The van der Waals surface area contributed by atoms with Gasteiger partial charge in [-0.3, -0.25) is 14.9 Å². The van der Waals surface area contributed by atoms with Gasteiger partial charge in [0.15, 0.2) is 0 Å². The van der Waals surface area contributed by atoms with Crippen molar-refractivity contribution < 1.29 is 28.3 Å². The van der Waals surface area contributed by atoms with E-state index < -0.39 is 10.8 Å². The molecule has 0 radical (unpaired) electrons. The molecule has 9 heteroatoms. The lowest BCUT2D eigenvalue weighted by Crippen LogP contribution is -2.10. The number of non-ortho nitro benzene ring substituents is 1. The maximum Gasteiger partial charge on any atom is 0.271 e. The summed E-state index contributed by atoms with van der Waals surface area (Å²) in [5.74, 6) is 1.12. The number of anilines is 1. The minimum Gasteiger partial charge on any atom is -0.497 e. The predicted molar refractivity (Wildman–Crippen MR) is 137 cm³/mol. The molecule has 0 aliphatic carbocycles. The molecule has 3 aromatic carbocycles. The summed E-state index contributed by atoms with van der Waals surface area (Å²) in [6.45, 7) is 1.78. The van der Waals surface area contributed by atoms with Crippen LogP contribution in [0.3, 0.4) is 0 Å². The van der Waals surface area contributed by atoms with Gasteiger partial charge in [0, 0.05) is 40.8 Å². The lowest BCUT2D eigenvalue weighted by atomic mass is 9.99. The quantitative estimate of drug-likeness (QED) is 0.182. The van der Waals surface area contributed by atoms with E-state index in [1.54, 1.807) is 33.5 Å². The van der Waals surface area contributed by atoms with Gasteiger partial charge in [-0.2, -0.15) is 0 Å². The van der Waals surface area contributed by atoms with Crippen molar-refractivity contribution in [3.63, 3.8) is 0 Å². The molecule has 4 aromatic rings. The molecule has 1 N–H and O–H groups in total. The normalized spacial score (nSPS) is 11.3. The van der Waals surface area contributed by atoms with Gasteiger partial charge in [-0.15, -0.1) is 0 Å². The minimum absolute atomic E-state index is 0.162. The largest absolute Gasteiger partial charge is 0.497 e. The Kier molecular flexibility index (Phi) is 6.91. The van der Waals surface area contributed by atoms with E-state index in [2.05, 4.69) is 5.32 Å². The summed E-state index contributed by atoms with van der Waals surface area (Å²) in [7, 11) is 4.57. The number of nitrogens with one attached hydrogen (secondary N) is 1. The highest BCUT2D eigenvalue weighted by atomic mass is 16.6. The molecule has 0 bridgehead atoms. The van der Waals surface area contributed by atoms with E-state index in [9.17, 15) is 14.9 Å². The monoisotopic (exact) mass is 488 g/mol. The van der Waals surface area contributed by atoms with E-state index in [4.69, 9.17) is 18.6 Å². The van der Waals surface area contributed by atoms with Crippen LogP contribution in [0.25, 0.3) is 27.7 Å². The van der Waals surface area contributed by atoms with Gasteiger partial charge in [-0.1, -0.05) is 12.1 Å². The van der Waals surface area contributed by atoms with Crippen LogP contribution in [0.1, 0.15) is 12.5 Å². The van der Waals surface area contributed by atoms with Crippen LogP contribution in [0.4, 0.5) is 11.4 Å². The third-order valence-corrected chi connectivity index (χ3v) is 5.72. The Morgan fingerprint density at radius 2 is 1.69 bits per heavy atom. The molecule has 1 aromatic heterocycles. The number of benzene rings is 3. The number of hydrogen-bond acceptors (Lipinski definition) is 7. The Bertz CT molecular complexity index is 1470. The number of fused-ring (bicyclic) bond motifs is 1. The lowest BCUT2D eigenvalue weighted by Gasteiger charge is -2.11. The minimum atomic E-state index is -0.540. The van der Waals surface area contributed by atoms with Gasteiger partial charge in [-0.25, -0.2) is 0 Å². The van der Waals surface area contributed by atoms with E-state index in [1.807, 2.05) is 30.3 Å². The molecule has 0 saturated carbocycles. The molecule has 184 valence electrons. The highest BCUT2D eigenvalue weighted by Gasteiger charge is 2.17. The van der Waals surface area contributed by atoms with Crippen molar-refractivity contribution in [1.29, 1.82) is 0 Å². The van der Waals surface area contributed by atoms with Gasteiger partial charge in [0.1, 0.15) is 22.8 Å². The summed E-state index contributed by atoms with van der Waals surface area (Å²) >= 11 is 0. The fraction of sp³-hybridized carbons (Fsp3) is 0.148. The molecule has 9 nitrogen and oxygen atoms in total. The van der Waals surface area contributed by atoms with Gasteiger partial charge in [0.05, 0.1) is 38.2 Å². The van der Waals surface area contributed by atoms with Crippen LogP contribution in [0.5, 0.6) is 17.2 Å². The molecule has 0 aliphatic rings. The molecular formula is C27H24N2O7. The number of rotatable bonds is 8. The maximum atomic E-state index is 12.8. The topological polar surface area (TPSA) is 113 Å². The first-order valence-electron chi connectivity index (χ1n) is 10.9. The Morgan fingerprint density at radius 1 is 0.972 bits per heavy atom. The van der Waals surface area contributed by atoms with Gasteiger partial charge in [0.2, 0.25) is 5.91 Å². The number of carbonyl (C=O) groups excluding carboxylic acids is 1. The Labute approximate surface area is 207 Å². The first-order valence-corrected chi connectivity index (χ1v) is 10.9. The molecule has 0 saturated heterocycles. The molecular weight excluding hydrogens is 464 g/mol. The zero-order chi connectivity index (χ0) is 25.8. The van der Waals surface area contributed by atoms with Crippen molar-refractivity contribution in [2.45, 2.75) is 6.92 Å². The van der Waals surface area contributed by atoms with Crippen molar-refractivity contribution in [2.24, 2.45) is 0 Å². The summed E-state index contributed by atoms with van der Waals surface area (Å²) < 4.78 is 21.8. The summed E-state index contributed by atoms with van der Waals surface area (Å²) in [6, 6.07) is 15.3. The third kappa shape index (κ3) is 4.85. The van der Waals surface area contributed by atoms with Crippen LogP contribution in [-0.2, 0) is 4.79 Å². The van der Waals surface area contributed by atoms with Crippen LogP contribution < -0.4 is 19.5 Å². The van der Waals surface area contributed by atoms with Crippen molar-refractivity contribution >= 4 is 33.8 Å². The summed E-state index contributed by atoms with van der Waals surface area (Å²) in [5.41, 5.74) is 3.82. The van der Waals surface area contributed by atoms with Crippen molar-refractivity contribution in [1.82, 2.24) is 0 Å². The molecule has 0 unspecified atom stereocenters. The predicted octanol–water partition coefficient (Wildman–Crippen LogP) is 6.08. The van der Waals surface area contributed by atoms with Crippen molar-refractivity contribution in [3.05, 3.63) is 82.6 Å². The summed E-state index contributed by atoms with van der Waals surface area (Å²) in [5, 5.41) is 14.6. The number of nitro benzene ring substituents is 1. The second kappa shape index (κ2) is 10.2. The SMILES string of the molecule is COc1ccc(-c2coc3cc(OC)c(/C(C)=C/C(=O)Nc4cc([N+](=O)[O-])ccc4OC)cc23)cc1. The first kappa shape index (κ1) is 24.3. The van der Waals surface area contributed by atoms with Crippen LogP contribution in [0, 0.1) is 10.1 Å². The third-order valence-electron chi connectivity index (χ3n) is 5.72. The fourth-order valence-electron chi connectivity index (χ4n) is 3.88. The standard InChI is InChI=1S/C27H24N2O7/c1-16(11-27(30)28-23-12-18(29(31)32)7-10-24(23)34-3)20-13-21-22(15-36-26(21)14-25(20)35-4)17-5-8-19(33-2)9-6-17/h5-15H,1-4H3,(H,28,30)/b16-11+. The Hall–Kier alpha value is -4.79. The number of ether oxygens (including phenoxy) is 3. The van der Waals surface area contributed by atoms with Crippen LogP contribution in [0.15, 0.2) is 71.4 Å². The molecule has 36 heavy (non-hydrogen) atoms. The van der Waals surface area contributed by atoms with Crippen LogP contribution >= 0.6 is 0 Å². The number of allylic oxidation sites excluding steroid dienone is 1. The van der Waals surface area contributed by atoms with Gasteiger partial charge in [-0.05, 0) is 42.3 Å². The summed E-state index contributed by atoms with van der Waals surface area (Å²) in [4.78, 5) is 23.4. The highest BCUT2D eigenvalue weighted by Crippen LogP contribution is 2.38. The second-order valence-corrected chi connectivity index (χ2v) is 7.88. The van der Waals surface area contributed by atoms with E-state index in [1.165, 1.54) is 31.4 Å². The molecule has 0 aliphatic heterocycles. The number of methoxy groups -OCH3 is 3. The number of hydrogen-bond donors (Lipinski definition) is 1. The average Bonchev–Trinajstić information content (AvgIpc) is 3.30. The maximum absolute atomic E-state index is 12.8.